The third kappa shape index (κ3) is 6.69. The SMILES string of the molecule is COC(=O)OC[C@H]1O[C@@H](Oc2nn(C(C)C)c(C)c2Cc2ccc(OC(C)C)c(F)c2)[C@H](O)[C@@H](O)[C@@H]1O. The fourth-order valence-electron chi connectivity index (χ4n) is 4.01. The van der Waals surface area contributed by atoms with Crippen molar-refractivity contribution in [3.8, 4) is 11.6 Å². The van der Waals surface area contributed by atoms with Gasteiger partial charge in [0, 0.05) is 23.7 Å². The number of methoxy groups -OCH3 is 1. The van der Waals surface area contributed by atoms with Crippen LogP contribution in [0.25, 0.3) is 0 Å². The van der Waals surface area contributed by atoms with Crippen molar-refractivity contribution in [2.24, 2.45) is 0 Å². The van der Waals surface area contributed by atoms with Gasteiger partial charge < -0.3 is 39.0 Å². The molecule has 1 aromatic carbocycles. The summed E-state index contributed by atoms with van der Waals surface area (Å²) in [7, 11) is 1.12. The number of hydrogen-bond acceptors (Lipinski definition) is 10. The number of carbonyl (C=O) groups is 1. The van der Waals surface area contributed by atoms with Crippen molar-refractivity contribution < 1.29 is 48.2 Å². The van der Waals surface area contributed by atoms with E-state index in [1.165, 1.54) is 6.07 Å². The maximum absolute atomic E-state index is 14.6. The van der Waals surface area contributed by atoms with Crippen molar-refractivity contribution >= 4 is 6.16 Å². The average molecular weight is 527 g/mol. The molecule has 1 aliphatic heterocycles. The van der Waals surface area contributed by atoms with Crippen LogP contribution in [0.5, 0.6) is 11.6 Å². The fraction of sp³-hybridized carbons (Fsp3) is 0.600. The molecule has 5 atom stereocenters. The number of ether oxygens (including phenoxy) is 5. The van der Waals surface area contributed by atoms with Crippen LogP contribution in [0.4, 0.5) is 9.18 Å². The Balaban J connectivity index is 1.87. The molecule has 0 bridgehead atoms. The highest BCUT2D eigenvalue weighted by molar-refractivity contribution is 5.59. The third-order valence-corrected chi connectivity index (χ3v) is 5.89. The van der Waals surface area contributed by atoms with Crippen molar-refractivity contribution in [3.63, 3.8) is 0 Å². The first-order valence-electron chi connectivity index (χ1n) is 12.0. The minimum atomic E-state index is -1.65. The third-order valence-electron chi connectivity index (χ3n) is 5.89. The van der Waals surface area contributed by atoms with Gasteiger partial charge in [-0.15, -0.1) is 5.10 Å². The number of rotatable bonds is 9. The number of aliphatic hydroxyl groups is 3. The average Bonchev–Trinajstić information content (AvgIpc) is 3.14. The summed E-state index contributed by atoms with van der Waals surface area (Å²) >= 11 is 0. The Labute approximate surface area is 214 Å². The first-order valence-corrected chi connectivity index (χ1v) is 12.0. The molecule has 1 saturated heterocycles. The molecule has 3 N–H and O–H groups in total. The minimum absolute atomic E-state index is 0.0412. The second-order valence-electron chi connectivity index (χ2n) is 9.41. The van der Waals surface area contributed by atoms with E-state index in [0.29, 0.717) is 11.1 Å². The van der Waals surface area contributed by atoms with Gasteiger partial charge >= 0.3 is 6.16 Å². The smallest absolute Gasteiger partial charge is 0.488 e. The summed E-state index contributed by atoms with van der Waals surface area (Å²) < 4.78 is 42.6. The molecule has 0 radical (unpaired) electrons. The Hall–Kier alpha value is -2.93. The molecule has 1 aliphatic rings. The van der Waals surface area contributed by atoms with Crippen LogP contribution in [0, 0.1) is 12.7 Å². The molecule has 0 aliphatic carbocycles. The molecule has 0 spiro atoms. The number of nitrogens with zero attached hydrogens (tertiary/aromatic N) is 2. The van der Waals surface area contributed by atoms with Gasteiger partial charge in [-0.2, -0.15) is 0 Å². The van der Waals surface area contributed by atoms with Crippen molar-refractivity contribution in [3.05, 3.63) is 40.8 Å². The number of aliphatic hydroxyl groups excluding tert-OH is 3. The van der Waals surface area contributed by atoms with Crippen LogP contribution in [0.3, 0.4) is 0 Å². The van der Waals surface area contributed by atoms with Gasteiger partial charge in [0.05, 0.1) is 13.2 Å². The van der Waals surface area contributed by atoms with E-state index in [2.05, 4.69) is 9.84 Å². The lowest BCUT2D eigenvalue weighted by Gasteiger charge is -2.39. The summed E-state index contributed by atoms with van der Waals surface area (Å²) in [6.07, 6.45) is -8.42. The highest BCUT2D eigenvalue weighted by atomic mass is 19.1. The van der Waals surface area contributed by atoms with Crippen LogP contribution >= 0.6 is 0 Å². The topological polar surface area (TPSA) is 142 Å². The predicted molar refractivity (Wildman–Crippen MR) is 128 cm³/mol. The molecule has 37 heavy (non-hydrogen) atoms. The van der Waals surface area contributed by atoms with E-state index in [1.54, 1.807) is 16.8 Å². The molecule has 206 valence electrons. The lowest BCUT2D eigenvalue weighted by molar-refractivity contribution is -0.278. The van der Waals surface area contributed by atoms with E-state index in [1.807, 2.05) is 34.6 Å². The highest BCUT2D eigenvalue weighted by Gasteiger charge is 2.46. The van der Waals surface area contributed by atoms with Crippen LogP contribution < -0.4 is 9.47 Å². The molecule has 1 aromatic heterocycles. The lowest BCUT2D eigenvalue weighted by atomic mass is 9.99. The van der Waals surface area contributed by atoms with Crippen molar-refractivity contribution in [1.29, 1.82) is 0 Å². The molecule has 0 unspecified atom stereocenters. The molecule has 0 amide bonds. The van der Waals surface area contributed by atoms with Gasteiger partial charge in [0.2, 0.25) is 12.2 Å². The summed E-state index contributed by atoms with van der Waals surface area (Å²) in [6, 6.07) is 4.63. The predicted octanol–water partition coefficient (Wildman–Crippen LogP) is 2.26. The van der Waals surface area contributed by atoms with E-state index in [9.17, 15) is 24.5 Å². The molecule has 0 saturated carbocycles. The Bertz CT molecular complexity index is 1070. The Kier molecular flexibility index (Phi) is 9.35. The van der Waals surface area contributed by atoms with Crippen molar-refractivity contribution in [2.75, 3.05) is 13.7 Å². The second-order valence-corrected chi connectivity index (χ2v) is 9.41. The van der Waals surface area contributed by atoms with Gasteiger partial charge in [-0.05, 0) is 52.3 Å². The number of carbonyl (C=O) groups excluding carboxylic acids is 1. The second kappa shape index (κ2) is 12.1. The van der Waals surface area contributed by atoms with Gasteiger partial charge in [-0.3, -0.25) is 4.68 Å². The molecule has 11 nitrogen and oxygen atoms in total. The summed E-state index contributed by atoms with van der Waals surface area (Å²) in [5.74, 6) is -0.245. The van der Waals surface area contributed by atoms with Crippen LogP contribution in [0.1, 0.15) is 50.6 Å². The van der Waals surface area contributed by atoms with E-state index < -0.39 is 49.3 Å². The molecular formula is C25H35FN2O9. The number of aromatic nitrogens is 2. The monoisotopic (exact) mass is 526 g/mol. The summed E-state index contributed by atoms with van der Waals surface area (Å²) in [4.78, 5) is 11.3. The summed E-state index contributed by atoms with van der Waals surface area (Å²) in [6.45, 7) is 8.86. The maximum Gasteiger partial charge on any atom is 0.508 e. The maximum atomic E-state index is 14.6. The molecule has 12 heteroatoms. The van der Waals surface area contributed by atoms with Gasteiger partial charge in [0.15, 0.2) is 11.6 Å². The van der Waals surface area contributed by atoms with E-state index in [4.69, 9.17) is 18.9 Å². The first-order chi connectivity index (χ1) is 17.4. The quantitative estimate of drug-likeness (QED) is 0.417. The van der Waals surface area contributed by atoms with Gasteiger partial charge in [0.1, 0.15) is 31.0 Å². The standard InChI is InChI=1S/C25H35FN2O9/c1-12(2)28-14(5)16(9-15-7-8-18(17(26)10-15)35-13(3)4)23(27-28)37-24-22(31)21(30)20(29)19(36-24)11-34-25(32)33-6/h7-8,10,12-13,19-22,24,29-31H,9,11H2,1-6H3/t19-,20-,21+,22-,24+/m1/s1. The van der Waals surface area contributed by atoms with Crippen LogP contribution in [-0.2, 0) is 20.6 Å². The van der Waals surface area contributed by atoms with Crippen molar-refractivity contribution in [2.45, 2.75) is 83.9 Å². The molecule has 2 heterocycles. The van der Waals surface area contributed by atoms with Crippen LogP contribution in [0.2, 0.25) is 0 Å². The number of hydrogen-bond donors (Lipinski definition) is 3. The normalized spacial score (nSPS) is 23.8. The zero-order valence-corrected chi connectivity index (χ0v) is 21.8. The summed E-state index contributed by atoms with van der Waals surface area (Å²) in [5.41, 5.74) is 2.00. The van der Waals surface area contributed by atoms with E-state index >= 15 is 0 Å². The van der Waals surface area contributed by atoms with Crippen molar-refractivity contribution in [1.82, 2.24) is 9.78 Å². The molecule has 2 aromatic rings. The minimum Gasteiger partial charge on any atom is -0.488 e. The fourth-order valence-corrected chi connectivity index (χ4v) is 4.01. The van der Waals surface area contributed by atoms with Gasteiger partial charge in [-0.1, -0.05) is 6.07 Å². The molecular weight excluding hydrogens is 491 g/mol. The van der Waals surface area contributed by atoms with E-state index in [-0.39, 0.29) is 30.2 Å². The molecule has 3 rings (SSSR count). The lowest BCUT2D eigenvalue weighted by Crippen LogP contribution is -2.60. The highest BCUT2D eigenvalue weighted by Crippen LogP contribution is 2.31. The van der Waals surface area contributed by atoms with Crippen LogP contribution in [-0.4, -0.2) is 81.8 Å². The van der Waals surface area contributed by atoms with Gasteiger partial charge in [0.25, 0.3) is 0 Å². The van der Waals surface area contributed by atoms with Crippen LogP contribution in [0.15, 0.2) is 18.2 Å². The largest absolute Gasteiger partial charge is 0.508 e. The van der Waals surface area contributed by atoms with Gasteiger partial charge in [-0.25, -0.2) is 9.18 Å². The summed E-state index contributed by atoms with van der Waals surface area (Å²) in [5, 5.41) is 35.6. The Morgan fingerprint density at radius 2 is 1.86 bits per heavy atom. The zero-order valence-electron chi connectivity index (χ0n) is 21.8. The Morgan fingerprint density at radius 3 is 2.46 bits per heavy atom. The Morgan fingerprint density at radius 1 is 1.16 bits per heavy atom. The number of halogens is 1. The zero-order chi connectivity index (χ0) is 27.4. The number of benzene rings is 1. The first kappa shape index (κ1) is 28.6. The van der Waals surface area contributed by atoms with E-state index in [0.717, 1.165) is 12.8 Å². The molecule has 1 fully saturated rings.